The zero-order valence-electron chi connectivity index (χ0n) is 17.0. The second-order valence-electron chi connectivity index (χ2n) is 7.19. The van der Waals surface area contributed by atoms with Crippen molar-refractivity contribution in [1.82, 2.24) is 15.6 Å². The van der Waals surface area contributed by atoms with E-state index in [1.54, 1.807) is 0 Å². The summed E-state index contributed by atoms with van der Waals surface area (Å²) in [6, 6.07) is 14.9. The largest absolute Gasteiger partial charge is 0.493 e. The van der Waals surface area contributed by atoms with Crippen LogP contribution in [0.2, 0.25) is 0 Å². The number of aryl methyl sites for hydroxylation is 1. The molecule has 1 aromatic heterocycles. The minimum absolute atomic E-state index is 0. The fourth-order valence-electron chi connectivity index (χ4n) is 3.84. The number of aromatic amines is 1. The van der Waals surface area contributed by atoms with Gasteiger partial charge in [0, 0.05) is 42.2 Å². The lowest BCUT2D eigenvalue weighted by molar-refractivity contribution is 0.261. The van der Waals surface area contributed by atoms with Crippen molar-refractivity contribution >= 4 is 40.8 Å². The molecule has 1 aliphatic heterocycles. The Morgan fingerprint density at radius 2 is 2.07 bits per heavy atom. The van der Waals surface area contributed by atoms with Crippen molar-refractivity contribution in [3.05, 3.63) is 65.4 Å². The highest BCUT2D eigenvalue weighted by molar-refractivity contribution is 14.0. The third kappa shape index (κ3) is 4.86. The maximum atomic E-state index is 5.77. The first-order valence-corrected chi connectivity index (χ1v) is 10.1. The molecule has 1 aliphatic rings. The monoisotopic (exact) mass is 504 g/mol. The number of H-pyrrole nitrogens is 1. The van der Waals surface area contributed by atoms with Crippen LogP contribution in [0, 0.1) is 6.92 Å². The van der Waals surface area contributed by atoms with Crippen LogP contribution in [-0.2, 0) is 6.42 Å². The van der Waals surface area contributed by atoms with Gasteiger partial charge < -0.3 is 20.4 Å². The Hall–Kier alpha value is -2.22. The summed E-state index contributed by atoms with van der Waals surface area (Å²) in [7, 11) is 0. The van der Waals surface area contributed by atoms with Crippen molar-refractivity contribution in [2.45, 2.75) is 32.7 Å². The third-order valence-corrected chi connectivity index (χ3v) is 5.27. The highest BCUT2D eigenvalue weighted by atomic mass is 127. The predicted octanol–water partition coefficient (Wildman–Crippen LogP) is 4.72. The van der Waals surface area contributed by atoms with Gasteiger partial charge in [-0.15, -0.1) is 24.0 Å². The molecule has 1 unspecified atom stereocenters. The van der Waals surface area contributed by atoms with E-state index in [1.165, 1.54) is 27.6 Å². The summed E-state index contributed by atoms with van der Waals surface area (Å²) in [5, 5.41) is 8.27. The number of guanidine groups is 1. The molecule has 2 heterocycles. The number of rotatable bonds is 5. The van der Waals surface area contributed by atoms with Crippen LogP contribution in [0.1, 0.15) is 36.1 Å². The van der Waals surface area contributed by atoms with Crippen LogP contribution in [0.3, 0.4) is 0 Å². The highest BCUT2D eigenvalue weighted by Crippen LogP contribution is 2.31. The lowest BCUT2D eigenvalue weighted by Crippen LogP contribution is -2.41. The van der Waals surface area contributed by atoms with Crippen LogP contribution in [0.15, 0.2) is 53.7 Å². The van der Waals surface area contributed by atoms with Crippen LogP contribution in [-0.4, -0.2) is 30.6 Å². The number of nitrogens with zero attached hydrogens (tertiary/aromatic N) is 1. The molecule has 0 bridgehead atoms. The number of benzene rings is 2. The van der Waals surface area contributed by atoms with E-state index in [0.717, 1.165) is 44.2 Å². The van der Waals surface area contributed by atoms with E-state index in [2.05, 4.69) is 66.0 Å². The Kier molecular flexibility index (Phi) is 7.41. The molecule has 0 saturated heterocycles. The van der Waals surface area contributed by atoms with E-state index >= 15 is 0 Å². The zero-order chi connectivity index (χ0) is 19.3. The van der Waals surface area contributed by atoms with Crippen molar-refractivity contribution in [2.24, 2.45) is 4.99 Å². The van der Waals surface area contributed by atoms with Crippen molar-refractivity contribution in [2.75, 3.05) is 19.7 Å². The number of fused-ring (bicyclic) bond motifs is 2. The molecule has 0 fully saturated rings. The Morgan fingerprint density at radius 1 is 1.21 bits per heavy atom. The van der Waals surface area contributed by atoms with Crippen LogP contribution < -0.4 is 15.4 Å². The molecule has 0 spiro atoms. The summed E-state index contributed by atoms with van der Waals surface area (Å²) in [5.74, 6) is 1.83. The molecule has 0 radical (unpaired) electrons. The lowest BCUT2D eigenvalue weighted by Gasteiger charge is -2.28. The summed E-state index contributed by atoms with van der Waals surface area (Å²) in [6.45, 7) is 6.53. The summed E-state index contributed by atoms with van der Waals surface area (Å²) >= 11 is 0. The molecule has 2 aromatic carbocycles. The number of halogens is 1. The first-order chi connectivity index (χ1) is 13.8. The number of nitrogens with one attached hydrogen (secondary N) is 3. The fraction of sp³-hybridized carbons (Fsp3) is 0.348. The molecule has 3 aromatic rings. The molecule has 0 amide bonds. The van der Waals surface area contributed by atoms with E-state index < -0.39 is 0 Å². The number of hydrogen-bond donors (Lipinski definition) is 3. The minimum Gasteiger partial charge on any atom is -0.493 e. The molecule has 4 rings (SSSR count). The lowest BCUT2D eigenvalue weighted by atomic mass is 10.0. The number of hydrogen-bond acceptors (Lipinski definition) is 2. The van der Waals surface area contributed by atoms with Gasteiger partial charge in [-0.2, -0.15) is 0 Å². The minimum atomic E-state index is 0. The molecule has 6 heteroatoms. The van der Waals surface area contributed by atoms with Gasteiger partial charge in [-0.1, -0.05) is 36.4 Å². The van der Waals surface area contributed by atoms with Gasteiger partial charge in [-0.3, -0.25) is 4.99 Å². The predicted molar refractivity (Wildman–Crippen MR) is 131 cm³/mol. The van der Waals surface area contributed by atoms with E-state index in [4.69, 9.17) is 9.73 Å². The average molecular weight is 504 g/mol. The Balaban J connectivity index is 0.00000240. The molecule has 154 valence electrons. The third-order valence-electron chi connectivity index (χ3n) is 5.27. The molecule has 0 aliphatic carbocycles. The summed E-state index contributed by atoms with van der Waals surface area (Å²) < 4.78 is 5.77. The van der Waals surface area contributed by atoms with Crippen LogP contribution in [0.25, 0.3) is 10.9 Å². The van der Waals surface area contributed by atoms with Crippen molar-refractivity contribution in [3.8, 4) is 5.75 Å². The highest BCUT2D eigenvalue weighted by Gasteiger charge is 2.21. The van der Waals surface area contributed by atoms with Crippen molar-refractivity contribution < 1.29 is 4.74 Å². The van der Waals surface area contributed by atoms with Gasteiger partial charge in [0.05, 0.1) is 12.6 Å². The Labute approximate surface area is 189 Å². The van der Waals surface area contributed by atoms with E-state index in [-0.39, 0.29) is 30.0 Å². The van der Waals surface area contributed by atoms with Gasteiger partial charge in [0.2, 0.25) is 0 Å². The van der Waals surface area contributed by atoms with Gasteiger partial charge in [0.15, 0.2) is 5.96 Å². The van der Waals surface area contributed by atoms with E-state index in [0.29, 0.717) is 0 Å². The number of aromatic nitrogens is 1. The van der Waals surface area contributed by atoms with E-state index in [9.17, 15) is 0 Å². The van der Waals surface area contributed by atoms with Gasteiger partial charge in [-0.25, -0.2) is 0 Å². The SMILES string of the molecule is CCNC(=NCCc1c[nH]c2c(C)cccc12)NC1CCOc2ccccc21.I. The summed E-state index contributed by atoms with van der Waals surface area (Å²) in [5.41, 5.74) is 5.02. The summed E-state index contributed by atoms with van der Waals surface area (Å²) in [4.78, 5) is 8.23. The summed E-state index contributed by atoms with van der Waals surface area (Å²) in [6.07, 6.45) is 3.95. The molecule has 5 nitrogen and oxygen atoms in total. The first-order valence-electron chi connectivity index (χ1n) is 10.1. The van der Waals surface area contributed by atoms with Crippen LogP contribution in [0.4, 0.5) is 0 Å². The fourth-order valence-corrected chi connectivity index (χ4v) is 3.84. The molecule has 3 N–H and O–H groups in total. The number of ether oxygens (including phenoxy) is 1. The molecule has 0 saturated carbocycles. The normalized spacial score (nSPS) is 15.9. The van der Waals surface area contributed by atoms with Gasteiger partial charge in [0.25, 0.3) is 0 Å². The van der Waals surface area contributed by atoms with Gasteiger partial charge >= 0.3 is 0 Å². The van der Waals surface area contributed by atoms with Gasteiger partial charge in [0.1, 0.15) is 5.75 Å². The topological polar surface area (TPSA) is 61.4 Å². The first kappa shape index (κ1) is 21.5. The van der Waals surface area contributed by atoms with Gasteiger partial charge in [-0.05, 0) is 37.5 Å². The molecular weight excluding hydrogens is 475 g/mol. The van der Waals surface area contributed by atoms with E-state index in [1.807, 2.05) is 12.1 Å². The Bertz CT molecular complexity index is 982. The van der Waals surface area contributed by atoms with Crippen LogP contribution in [0.5, 0.6) is 5.75 Å². The van der Waals surface area contributed by atoms with Crippen molar-refractivity contribution in [1.29, 1.82) is 0 Å². The molecular formula is C23H29IN4O. The molecule has 29 heavy (non-hydrogen) atoms. The quantitative estimate of drug-likeness (QED) is 0.268. The maximum Gasteiger partial charge on any atom is 0.191 e. The number of para-hydroxylation sites is 2. The molecule has 1 atom stereocenters. The average Bonchev–Trinajstić information content (AvgIpc) is 3.13. The smallest absolute Gasteiger partial charge is 0.191 e. The number of aliphatic imine (C=N–C) groups is 1. The zero-order valence-corrected chi connectivity index (χ0v) is 19.3. The second-order valence-corrected chi connectivity index (χ2v) is 7.19. The Morgan fingerprint density at radius 3 is 2.93 bits per heavy atom. The van der Waals surface area contributed by atoms with Crippen molar-refractivity contribution in [3.63, 3.8) is 0 Å². The maximum absolute atomic E-state index is 5.77. The second kappa shape index (κ2) is 10.0. The van der Waals surface area contributed by atoms with Crippen LogP contribution >= 0.6 is 24.0 Å². The standard InChI is InChI=1S/C23H28N4O.HI/c1-3-24-23(27-20-12-14-28-21-10-5-4-8-19(20)21)25-13-11-17-15-26-22-16(2)7-6-9-18(17)22;/h4-10,15,20,26H,3,11-14H2,1-2H3,(H2,24,25,27);1H.